The van der Waals surface area contributed by atoms with E-state index in [0.717, 1.165) is 19.0 Å². The van der Waals surface area contributed by atoms with Gasteiger partial charge in [-0.25, -0.2) is 13.1 Å². The van der Waals surface area contributed by atoms with E-state index in [2.05, 4.69) is 10.0 Å². The summed E-state index contributed by atoms with van der Waals surface area (Å²) in [5, 5.41) is 14.2. The van der Waals surface area contributed by atoms with Crippen molar-refractivity contribution in [3.8, 4) is 0 Å². The number of sulfonamides is 1. The second-order valence-corrected chi connectivity index (χ2v) is 7.63. The maximum atomic E-state index is 12.5. The fraction of sp³-hybridized carbons (Fsp3) is 0.538. The lowest BCUT2D eigenvalue weighted by Crippen LogP contribution is -2.50. The Kier molecular flexibility index (Phi) is 6.79. The molecule has 0 spiro atoms. The number of nitro groups is 1. The molecule has 23 heavy (non-hydrogen) atoms. The molecule has 1 aromatic rings. The molecule has 130 valence electrons. The highest BCUT2D eigenvalue weighted by atomic mass is 35.5. The van der Waals surface area contributed by atoms with Gasteiger partial charge in [0.15, 0.2) is 0 Å². The summed E-state index contributed by atoms with van der Waals surface area (Å²) in [5.74, 6) is 0.187. The third-order valence-corrected chi connectivity index (χ3v) is 5.79. The van der Waals surface area contributed by atoms with Crippen molar-refractivity contribution in [3.63, 3.8) is 0 Å². The number of rotatable bonds is 4. The standard InChI is InChI=1S/C13H18ClN3O4S.ClH/c1-8-3-4-15-7-12(8)16-22(20,21)10-5-11(14)9(2)13(6-10)17(18)19;/h5-6,8,12,15-16H,3-4,7H2,1-2H3;1H. The van der Waals surface area contributed by atoms with Crippen LogP contribution in [0.4, 0.5) is 5.69 Å². The van der Waals surface area contributed by atoms with Gasteiger partial charge < -0.3 is 5.32 Å². The maximum absolute atomic E-state index is 12.5. The first-order valence-corrected chi connectivity index (χ1v) is 8.76. The minimum Gasteiger partial charge on any atom is -0.315 e. The number of piperidine rings is 1. The van der Waals surface area contributed by atoms with Gasteiger partial charge in [-0.15, -0.1) is 12.4 Å². The minimum atomic E-state index is -3.87. The third kappa shape index (κ3) is 4.54. The zero-order valence-corrected chi connectivity index (χ0v) is 15.1. The van der Waals surface area contributed by atoms with E-state index in [1.54, 1.807) is 0 Å². The fourth-order valence-electron chi connectivity index (χ4n) is 2.40. The lowest BCUT2D eigenvalue weighted by molar-refractivity contribution is -0.385. The molecule has 1 heterocycles. The van der Waals surface area contributed by atoms with Gasteiger partial charge in [-0.05, 0) is 31.9 Å². The molecule has 2 unspecified atom stereocenters. The molecular weight excluding hydrogens is 365 g/mol. The smallest absolute Gasteiger partial charge is 0.275 e. The predicted octanol–water partition coefficient (Wildman–Crippen LogP) is 2.25. The SMILES string of the molecule is Cc1c(Cl)cc(S(=O)(=O)NC2CNCCC2C)cc1[N+](=O)[O-].Cl. The van der Waals surface area contributed by atoms with E-state index >= 15 is 0 Å². The van der Waals surface area contributed by atoms with Crippen LogP contribution in [0.1, 0.15) is 18.9 Å². The first kappa shape index (κ1) is 20.1. The zero-order chi connectivity index (χ0) is 16.5. The number of hydrogen-bond acceptors (Lipinski definition) is 5. The molecule has 0 radical (unpaired) electrons. The summed E-state index contributed by atoms with van der Waals surface area (Å²) in [6.07, 6.45) is 0.863. The van der Waals surface area contributed by atoms with E-state index in [1.807, 2.05) is 6.92 Å². The Morgan fingerprint density at radius 2 is 2.09 bits per heavy atom. The van der Waals surface area contributed by atoms with Crippen molar-refractivity contribution in [1.82, 2.24) is 10.0 Å². The first-order chi connectivity index (χ1) is 10.2. The maximum Gasteiger partial charge on any atom is 0.275 e. The third-order valence-electron chi connectivity index (χ3n) is 3.93. The summed E-state index contributed by atoms with van der Waals surface area (Å²) in [6, 6.07) is 2.04. The van der Waals surface area contributed by atoms with Gasteiger partial charge in [-0.3, -0.25) is 10.1 Å². The zero-order valence-electron chi connectivity index (χ0n) is 12.7. The van der Waals surface area contributed by atoms with Crippen LogP contribution in [0.3, 0.4) is 0 Å². The second-order valence-electron chi connectivity index (χ2n) is 5.50. The van der Waals surface area contributed by atoms with Crippen LogP contribution in [0.25, 0.3) is 0 Å². The minimum absolute atomic E-state index is 0. The van der Waals surface area contributed by atoms with Gasteiger partial charge >= 0.3 is 0 Å². The Hall–Kier alpha value is -0.930. The largest absolute Gasteiger partial charge is 0.315 e. The van der Waals surface area contributed by atoms with Crippen molar-refractivity contribution in [3.05, 3.63) is 32.8 Å². The van der Waals surface area contributed by atoms with Crippen molar-refractivity contribution in [2.24, 2.45) is 5.92 Å². The highest BCUT2D eigenvalue weighted by molar-refractivity contribution is 7.89. The summed E-state index contributed by atoms with van der Waals surface area (Å²) in [4.78, 5) is 10.2. The van der Waals surface area contributed by atoms with Gasteiger partial charge in [0.05, 0.1) is 14.8 Å². The number of benzene rings is 1. The van der Waals surface area contributed by atoms with Crippen LogP contribution < -0.4 is 10.0 Å². The van der Waals surface area contributed by atoms with Crippen molar-refractivity contribution in [1.29, 1.82) is 0 Å². The van der Waals surface area contributed by atoms with Crippen LogP contribution in [-0.2, 0) is 10.0 Å². The van der Waals surface area contributed by atoms with Gasteiger partial charge in [-0.1, -0.05) is 18.5 Å². The van der Waals surface area contributed by atoms with Crippen LogP contribution in [0.2, 0.25) is 5.02 Å². The number of halogens is 2. The number of nitro benzene ring substituents is 1. The molecule has 2 atom stereocenters. The van der Waals surface area contributed by atoms with Crippen LogP contribution in [0, 0.1) is 23.0 Å². The topological polar surface area (TPSA) is 101 Å². The average molecular weight is 384 g/mol. The Balaban J connectivity index is 0.00000264. The van der Waals surface area contributed by atoms with E-state index in [1.165, 1.54) is 13.0 Å². The second kappa shape index (κ2) is 7.76. The van der Waals surface area contributed by atoms with Crippen LogP contribution in [-0.4, -0.2) is 32.5 Å². The summed E-state index contributed by atoms with van der Waals surface area (Å²) in [6.45, 7) is 4.83. The number of nitrogens with zero attached hydrogens (tertiary/aromatic N) is 1. The Labute approximate surface area is 146 Å². The Morgan fingerprint density at radius 1 is 1.43 bits per heavy atom. The Morgan fingerprint density at radius 3 is 2.65 bits per heavy atom. The summed E-state index contributed by atoms with van der Waals surface area (Å²) in [5.41, 5.74) is -0.0546. The van der Waals surface area contributed by atoms with Crippen molar-refractivity contribution in [2.75, 3.05) is 13.1 Å². The molecule has 1 aliphatic rings. The number of hydrogen-bond donors (Lipinski definition) is 2. The lowest BCUT2D eigenvalue weighted by Gasteiger charge is -2.30. The molecule has 0 amide bonds. The molecule has 2 N–H and O–H groups in total. The van der Waals surface area contributed by atoms with Gasteiger partial charge in [-0.2, -0.15) is 0 Å². The van der Waals surface area contributed by atoms with Crippen LogP contribution in [0.15, 0.2) is 17.0 Å². The van der Waals surface area contributed by atoms with E-state index in [4.69, 9.17) is 11.6 Å². The van der Waals surface area contributed by atoms with Gasteiger partial charge in [0, 0.05) is 24.2 Å². The molecule has 1 saturated heterocycles. The molecule has 1 aromatic carbocycles. The van der Waals surface area contributed by atoms with Gasteiger partial charge in [0.25, 0.3) is 5.69 Å². The van der Waals surface area contributed by atoms with E-state index in [0.29, 0.717) is 6.54 Å². The molecule has 10 heteroatoms. The molecule has 1 fully saturated rings. The molecule has 7 nitrogen and oxygen atoms in total. The van der Waals surface area contributed by atoms with Gasteiger partial charge in [0.1, 0.15) is 0 Å². The summed E-state index contributed by atoms with van der Waals surface area (Å²) >= 11 is 5.93. The van der Waals surface area contributed by atoms with Crippen LogP contribution in [0.5, 0.6) is 0 Å². The van der Waals surface area contributed by atoms with E-state index in [-0.39, 0.29) is 45.5 Å². The van der Waals surface area contributed by atoms with E-state index in [9.17, 15) is 18.5 Å². The molecule has 0 bridgehead atoms. The predicted molar refractivity (Wildman–Crippen MR) is 90.9 cm³/mol. The van der Waals surface area contributed by atoms with Crippen molar-refractivity contribution in [2.45, 2.75) is 31.2 Å². The van der Waals surface area contributed by atoms with Crippen LogP contribution >= 0.6 is 24.0 Å². The van der Waals surface area contributed by atoms with Crippen molar-refractivity contribution < 1.29 is 13.3 Å². The Bertz CT molecular complexity index is 697. The highest BCUT2D eigenvalue weighted by Crippen LogP contribution is 2.29. The molecule has 2 rings (SSSR count). The molecule has 1 aliphatic heterocycles. The number of nitrogens with one attached hydrogen (secondary N) is 2. The van der Waals surface area contributed by atoms with E-state index < -0.39 is 14.9 Å². The molecular formula is C13H19Cl2N3O4S. The first-order valence-electron chi connectivity index (χ1n) is 6.90. The fourth-order valence-corrected chi connectivity index (χ4v) is 4.07. The van der Waals surface area contributed by atoms with Crippen molar-refractivity contribution >= 4 is 39.7 Å². The average Bonchev–Trinajstić information content (AvgIpc) is 2.43. The highest BCUT2D eigenvalue weighted by Gasteiger charge is 2.28. The summed E-state index contributed by atoms with van der Waals surface area (Å²) in [7, 11) is -3.87. The quantitative estimate of drug-likeness (QED) is 0.613. The summed E-state index contributed by atoms with van der Waals surface area (Å²) < 4.78 is 27.5. The normalized spacial score (nSPS) is 21.5. The van der Waals surface area contributed by atoms with Gasteiger partial charge in [0.2, 0.25) is 10.0 Å². The molecule has 0 aromatic heterocycles. The lowest BCUT2D eigenvalue weighted by atomic mass is 9.96. The molecule has 0 saturated carbocycles. The monoisotopic (exact) mass is 383 g/mol. The molecule has 0 aliphatic carbocycles.